The van der Waals surface area contributed by atoms with E-state index in [0.717, 1.165) is 22.4 Å². The van der Waals surface area contributed by atoms with Gasteiger partial charge in [-0.1, -0.05) is 18.2 Å². The molecular weight excluding hydrogens is 374 g/mol. The molecule has 2 aromatic carbocycles. The highest BCUT2D eigenvalue weighted by Crippen LogP contribution is 2.20. The van der Waals surface area contributed by atoms with E-state index in [-0.39, 0.29) is 17.3 Å². The summed E-state index contributed by atoms with van der Waals surface area (Å²) in [6, 6.07) is 15.1. The van der Waals surface area contributed by atoms with E-state index in [0.29, 0.717) is 5.56 Å². The van der Waals surface area contributed by atoms with Crippen LogP contribution in [0.1, 0.15) is 27.0 Å². The molecule has 0 aliphatic rings. The molecule has 0 bridgehead atoms. The molecule has 0 fully saturated rings. The summed E-state index contributed by atoms with van der Waals surface area (Å²) in [7, 11) is -3.68. The van der Waals surface area contributed by atoms with Crippen LogP contribution in [0.4, 0.5) is 5.69 Å². The van der Waals surface area contributed by atoms with E-state index >= 15 is 0 Å². The first kappa shape index (κ1) is 19.7. The summed E-state index contributed by atoms with van der Waals surface area (Å²) in [4.78, 5) is 16.5. The number of carbonyl (C=O) groups excluding carboxylic acids is 1. The first-order chi connectivity index (χ1) is 13.4. The van der Waals surface area contributed by atoms with E-state index in [4.69, 9.17) is 0 Å². The second-order valence-electron chi connectivity index (χ2n) is 6.43. The van der Waals surface area contributed by atoms with Gasteiger partial charge in [-0.05, 0) is 66.9 Å². The molecule has 0 saturated heterocycles. The van der Waals surface area contributed by atoms with Gasteiger partial charge in [-0.3, -0.25) is 9.78 Å². The summed E-state index contributed by atoms with van der Waals surface area (Å²) in [6.45, 7) is 4.01. The van der Waals surface area contributed by atoms with Crippen molar-refractivity contribution in [2.75, 3.05) is 5.32 Å². The van der Waals surface area contributed by atoms with Crippen LogP contribution in [0.3, 0.4) is 0 Å². The molecule has 1 aromatic heterocycles. The molecule has 6 nitrogen and oxygen atoms in total. The smallest absolute Gasteiger partial charge is 0.255 e. The maximum absolute atomic E-state index is 12.5. The fourth-order valence-electron chi connectivity index (χ4n) is 2.75. The average molecular weight is 395 g/mol. The molecule has 0 radical (unpaired) electrons. The Morgan fingerprint density at radius 3 is 2.14 bits per heavy atom. The van der Waals surface area contributed by atoms with Gasteiger partial charge in [-0.25, -0.2) is 13.1 Å². The number of nitrogens with zero attached hydrogens (tertiary/aromatic N) is 1. The van der Waals surface area contributed by atoms with Crippen molar-refractivity contribution in [3.05, 3.63) is 89.2 Å². The quantitative estimate of drug-likeness (QED) is 0.669. The lowest BCUT2D eigenvalue weighted by molar-refractivity contribution is 0.102. The topological polar surface area (TPSA) is 88.2 Å². The largest absolute Gasteiger partial charge is 0.322 e. The van der Waals surface area contributed by atoms with E-state index in [1.165, 1.54) is 24.3 Å². The van der Waals surface area contributed by atoms with Gasteiger partial charge in [0.2, 0.25) is 10.0 Å². The van der Waals surface area contributed by atoms with Crippen LogP contribution in [0.5, 0.6) is 0 Å². The minimum absolute atomic E-state index is 0.102. The molecule has 0 unspecified atom stereocenters. The highest BCUT2D eigenvalue weighted by Gasteiger charge is 2.15. The zero-order valence-electron chi connectivity index (χ0n) is 15.6. The molecule has 7 heteroatoms. The summed E-state index contributed by atoms with van der Waals surface area (Å²) >= 11 is 0. The molecule has 3 rings (SSSR count). The zero-order chi connectivity index (χ0) is 20.1. The van der Waals surface area contributed by atoms with Gasteiger partial charge in [-0.15, -0.1) is 0 Å². The Labute approximate surface area is 164 Å². The Balaban J connectivity index is 1.71. The number of sulfonamides is 1. The Bertz CT molecular complexity index is 1060. The number of aromatic nitrogens is 1. The molecule has 1 amide bonds. The van der Waals surface area contributed by atoms with Gasteiger partial charge in [-0.2, -0.15) is 0 Å². The lowest BCUT2D eigenvalue weighted by Crippen LogP contribution is -2.23. The fraction of sp³-hybridized carbons (Fsp3) is 0.143. The molecule has 28 heavy (non-hydrogen) atoms. The molecule has 1 heterocycles. The van der Waals surface area contributed by atoms with Crippen LogP contribution in [0.15, 0.2) is 71.9 Å². The van der Waals surface area contributed by atoms with Crippen molar-refractivity contribution < 1.29 is 13.2 Å². The number of hydrogen-bond acceptors (Lipinski definition) is 4. The number of benzene rings is 2. The lowest BCUT2D eigenvalue weighted by Gasteiger charge is -2.12. The summed E-state index contributed by atoms with van der Waals surface area (Å²) in [5.41, 5.74) is 3.89. The number of hydrogen-bond donors (Lipinski definition) is 2. The Hall–Kier alpha value is -3.03. The van der Waals surface area contributed by atoms with Gasteiger partial charge in [0, 0.05) is 30.2 Å². The van der Waals surface area contributed by atoms with Crippen LogP contribution in [-0.4, -0.2) is 19.3 Å². The Morgan fingerprint density at radius 2 is 1.54 bits per heavy atom. The first-order valence-corrected chi connectivity index (χ1v) is 10.2. The number of anilines is 1. The monoisotopic (exact) mass is 395 g/mol. The summed E-state index contributed by atoms with van der Waals surface area (Å²) in [5.74, 6) is -0.286. The molecular formula is C21H21N3O3S. The first-order valence-electron chi connectivity index (χ1n) is 8.73. The van der Waals surface area contributed by atoms with Gasteiger partial charge in [0.1, 0.15) is 0 Å². The van der Waals surface area contributed by atoms with Gasteiger partial charge in [0.15, 0.2) is 0 Å². The van der Waals surface area contributed by atoms with E-state index < -0.39 is 10.0 Å². The van der Waals surface area contributed by atoms with Crippen molar-refractivity contribution in [1.29, 1.82) is 0 Å². The van der Waals surface area contributed by atoms with Gasteiger partial charge >= 0.3 is 0 Å². The summed E-state index contributed by atoms with van der Waals surface area (Å²) < 4.78 is 27.4. The number of amides is 1. The molecule has 0 aliphatic heterocycles. The maximum atomic E-state index is 12.5. The molecule has 0 aliphatic carbocycles. The molecule has 0 spiro atoms. The second kappa shape index (κ2) is 8.33. The normalized spacial score (nSPS) is 11.2. The predicted molar refractivity (Wildman–Crippen MR) is 109 cm³/mol. The number of aryl methyl sites for hydroxylation is 2. The number of rotatable bonds is 6. The van der Waals surface area contributed by atoms with Crippen molar-refractivity contribution in [3.63, 3.8) is 0 Å². The highest BCUT2D eigenvalue weighted by atomic mass is 32.2. The van der Waals surface area contributed by atoms with Crippen LogP contribution >= 0.6 is 0 Å². The van der Waals surface area contributed by atoms with Crippen LogP contribution in [0, 0.1) is 13.8 Å². The van der Waals surface area contributed by atoms with Gasteiger partial charge in [0.05, 0.1) is 4.90 Å². The van der Waals surface area contributed by atoms with Crippen molar-refractivity contribution in [1.82, 2.24) is 9.71 Å². The minimum atomic E-state index is -3.68. The SMILES string of the molecule is Cc1cccc(C)c1NC(=O)c1ccc(S(=O)(=O)NCc2ccncc2)cc1. The van der Waals surface area contributed by atoms with Crippen molar-refractivity contribution in [2.45, 2.75) is 25.3 Å². The highest BCUT2D eigenvalue weighted by molar-refractivity contribution is 7.89. The Morgan fingerprint density at radius 1 is 0.929 bits per heavy atom. The van der Waals surface area contributed by atoms with E-state index in [1.807, 2.05) is 32.0 Å². The third kappa shape index (κ3) is 4.62. The summed E-state index contributed by atoms with van der Waals surface area (Å²) in [5, 5.41) is 2.89. The predicted octanol–water partition coefficient (Wildman–Crippen LogP) is 3.43. The molecule has 144 valence electrons. The molecule has 0 atom stereocenters. The van der Waals surface area contributed by atoms with Crippen LogP contribution in [0.25, 0.3) is 0 Å². The number of nitrogens with one attached hydrogen (secondary N) is 2. The van der Waals surface area contributed by atoms with E-state index in [2.05, 4.69) is 15.0 Å². The Kier molecular flexibility index (Phi) is 5.87. The van der Waals surface area contributed by atoms with E-state index in [1.54, 1.807) is 24.5 Å². The van der Waals surface area contributed by atoms with Gasteiger partial charge in [0.25, 0.3) is 5.91 Å². The zero-order valence-corrected chi connectivity index (χ0v) is 16.5. The van der Waals surface area contributed by atoms with Crippen molar-refractivity contribution in [3.8, 4) is 0 Å². The third-order valence-electron chi connectivity index (χ3n) is 4.36. The minimum Gasteiger partial charge on any atom is -0.322 e. The molecule has 2 N–H and O–H groups in total. The van der Waals surface area contributed by atoms with Gasteiger partial charge < -0.3 is 5.32 Å². The average Bonchev–Trinajstić information content (AvgIpc) is 2.70. The van der Waals surface area contributed by atoms with Crippen molar-refractivity contribution >= 4 is 21.6 Å². The molecule has 0 saturated carbocycles. The van der Waals surface area contributed by atoms with Crippen LogP contribution in [0.2, 0.25) is 0 Å². The van der Waals surface area contributed by atoms with Crippen molar-refractivity contribution in [2.24, 2.45) is 0 Å². The van der Waals surface area contributed by atoms with Crippen LogP contribution in [-0.2, 0) is 16.6 Å². The maximum Gasteiger partial charge on any atom is 0.255 e. The standard InChI is InChI=1S/C21H21N3O3S/c1-15-4-3-5-16(2)20(15)24-21(25)18-6-8-19(9-7-18)28(26,27)23-14-17-10-12-22-13-11-17/h3-13,23H,14H2,1-2H3,(H,24,25). The van der Waals surface area contributed by atoms with E-state index in [9.17, 15) is 13.2 Å². The second-order valence-corrected chi connectivity index (χ2v) is 8.19. The van der Waals surface area contributed by atoms with Crippen LogP contribution < -0.4 is 10.0 Å². The number of pyridine rings is 1. The third-order valence-corrected chi connectivity index (χ3v) is 5.78. The summed E-state index contributed by atoms with van der Waals surface area (Å²) in [6.07, 6.45) is 3.21. The number of carbonyl (C=O) groups is 1. The fourth-order valence-corrected chi connectivity index (χ4v) is 3.76. The molecule has 3 aromatic rings. The lowest BCUT2D eigenvalue weighted by atomic mass is 10.1. The number of para-hydroxylation sites is 1.